The Bertz CT molecular complexity index is 401. The van der Waals surface area contributed by atoms with Crippen LogP contribution in [0.25, 0.3) is 0 Å². The van der Waals surface area contributed by atoms with Gasteiger partial charge in [-0.15, -0.1) is 11.3 Å². The lowest BCUT2D eigenvalue weighted by atomic mass is 9.90. The molecule has 0 aliphatic carbocycles. The zero-order valence-electron chi connectivity index (χ0n) is 12.7. The van der Waals surface area contributed by atoms with E-state index in [1.807, 2.05) is 11.3 Å². The topological polar surface area (TPSA) is 29.3 Å². The minimum absolute atomic E-state index is 0.241. The second-order valence-electron chi connectivity index (χ2n) is 6.21. The van der Waals surface area contributed by atoms with E-state index >= 15 is 0 Å². The molecule has 2 rings (SSSR count). The number of aryl methyl sites for hydroxylation is 1. The summed E-state index contributed by atoms with van der Waals surface area (Å²) >= 11 is 1.88. The summed E-state index contributed by atoms with van der Waals surface area (Å²) in [5, 5.41) is 2.21. The second kappa shape index (κ2) is 6.38. The van der Waals surface area contributed by atoms with Gasteiger partial charge in [-0.25, -0.2) is 0 Å². The smallest absolute Gasteiger partial charge is 0.0598 e. The number of nitrogens with two attached hydrogens (primary N) is 1. The molecule has 2 heterocycles. The molecule has 0 saturated carbocycles. The van der Waals surface area contributed by atoms with Crippen molar-refractivity contribution in [1.82, 2.24) is 4.90 Å². The van der Waals surface area contributed by atoms with Crippen molar-refractivity contribution in [2.24, 2.45) is 11.7 Å². The highest BCUT2D eigenvalue weighted by Crippen LogP contribution is 2.36. The van der Waals surface area contributed by atoms with E-state index in [1.165, 1.54) is 29.8 Å². The minimum atomic E-state index is 0.241. The lowest BCUT2D eigenvalue weighted by Gasteiger charge is -2.44. The van der Waals surface area contributed by atoms with Crippen molar-refractivity contribution < 1.29 is 0 Å². The maximum atomic E-state index is 6.48. The summed E-state index contributed by atoms with van der Waals surface area (Å²) in [5.41, 5.74) is 7.89. The average Bonchev–Trinajstić information content (AvgIpc) is 2.80. The molecular weight excluding hydrogens is 252 g/mol. The number of rotatable bonds is 4. The average molecular weight is 280 g/mol. The molecule has 4 unspecified atom stereocenters. The maximum absolute atomic E-state index is 6.48. The van der Waals surface area contributed by atoms with Gasteiger partial charge in [0.15, 0.2) is 0 Å². The molecule has 4 atom stereocenters. The number of nitrogens with zero attached hydrogens (tertiary/aromatic N) is 1. The van der Waals surface area contributed by atoms with Gasteiger partial charge in [-0.3, -0.25) is 4.90 Å². The molecule has 19 heavy (non-hydrogen) atoms. The molecule has 0 bridgehead atoms. The van der Waals surface area contributed by atoms with E-state index in [0.717, 1.165) is 12.3 Å². The third-order valence-corrected chi connectivity index (χ3v) is 5.66. The molecule has 0 amide bonds. The first kappa shape index (κ1) is 15.0. The van der Waals surface area contributed by atoms with E-state index in [4.69, 9.17) is 5.73 Å². The summed E-state index contributed by atoms with van der Waals surface area (Å²) in [6.45, 7) is 10.4. The van der Waals surface area contributed by atoms with Crippen molar-refractivity contribution in [1.29, 1.82) is 0 Å². The second-order valence-corrected chi connectivity index (χ2v) is 7.16. The Morgan fingerprint density at radius 2 is 2.16 bits per heavy atom. The van der Waals surface area contributed by atoms with Crippen molar-refractivity contribution in [3.05, 3.63) is 21.9 Å². The van der Waals surface area contributed by atoms with Gasteiger partial charge in [0.05, 0.1) is 6.04 Å². The molecule has 0 radical (unpaired) electrons. The van der Waals surface area contributed by atoms with Crippen LogP contribution < -0.4 is 5.73 Å². The van der Waals surface area contributed by atoms with Gasteiger partial charge in [-0.1, -0.05) is 13.8 Å². The van der Waals surface area contributed by atoms with Crippen LogP contribution in [0.1, 0.15) is 56.5 Å². The van der Waals surface area contributed by atoms with Crippen LogP contribution in [0.4, 0.5) is 0 Å². The predicted molar refractivity (Wildman–Crippen MR) is 84.6 cm³/mol. The fraction of sp³-hybridized carbons (Fsp3) is 0.750. The van der Waals surface area contributed by atoms with Crippen LogP contribution in [0.15, 0.2) is 11.4 Å². The normalized spacial score (nSPS) is 28.3. The van der Waals surface area contributed by atoms with Crippen molar-refractivity contribution in [3.63, 3.8) is 0 Å². The molecule has 1 saturated heterocycles. The molecule has 1 fully saturated rings. The Labute approximate surface area is 122 Å². The minimum Gasteiger partial charge on any atom is -0.326 e. The molecule has 1 aromatic rings. The van der Waals surface area contributed by atoms with Crippen molar-refractivity contribution in [2.45, 2.75) is 65.1 Å². The van der Waals surface area contributed by atoms with Gasteiger partial charge in [0.1, 0.15) is 0 Å². The SMILES string of the molecule is CCC(N)C(c1sccc1C)N1CC(C)CCC1C. The number of hydrogen-bond donors (Lipinski definition) is 1. The molecule has 2 nitrogen and oxygen atoms in total. The van der Waals surface area contributed by atoms with Crippen LogP contribution >= 0.6 is 11.3 Å². The van der Waals surface area contributed by atoms with Crippen molar-refractivity contribution in [3.8, 4) is 0 Å². The van der Waals surface area contributed by atoms with Gasteiger partial charge in [-0.05, 0) is 56.0 Å². The highest BCUT2D eigenvalue weighted by atomic mass is 32.1. The number of hydrogen-bond acceptors (Lipinski definition) is 3. The Kier molecular flexibility index (Phi) is 5.04. The summed E-state index contributed by atoms with van der Waals surface area (Å²) in [4.78, 5) is 4.15. The Hall–Kier alpha value is -0.380. The van der Waals surface area contributed by atoms with Crippen molar-refractivity contribution in [2.75, 3.05) is 6.54 Å². The van der Waals surface area contributed by atoms with E-state index in [9.17, 15) is 0 Å². The molecule has 1 aliphatic rings. The Balaban J connectivity index is 2.29. The van der Waals surface area contributed by atoms with Crippen LogP contribution in [-0.2, 0) is 0 Å². The molecule has 0 spiro atoms. The molecule has 108 valence electrons. The van der Waals surface area contributed by atoms with E-state index in [-0.39, 0.29) is 6.04 Å². The number of likely N-dealkylation sites (tertiary alicyclic amines) is 1. The molecule has 0 aromatic carbocycles. The monoisotopic (exact) mass is 280 g/mol. The third-order valence-electron chi connectivity index (χ3n) is 4.57. The molecular formula is C16H28N2S. The fourth-order valence-corrected chi connectivity index (χ4v) is 4.33. The fourth-order valence-electron chi connectivity index (χ4n) is 3.21. The van der Waals surface area contributed by atoms with Crippen LogP contribution in [0, 0.1) is 12.8 Å². The van der Waals surface area contributed by atoms with E-state index in [1.54, 1.807) is 0 Å². The first-order valence-electron chi connectivity index (χ1n) is 7.59. The zero-order chi connectivity index (χ0) is 14.0. The number of piperidine rings is 1. The van der Waals surface area contributed by atoms with Crippen LogP contribution in [0.3, 0.4) is 0 Å². The highest BCUT2D eigenvalue weighted by Gasteiger charge is 2.34. The summed E-state index contributed by atoms with van der Waals surface area (Å²) in [6, 6.07) is 3.53. The summed E-state index contributed by atoms with van der Waals surface area (Å²) in [6.07, 6.45) is 3.70. The molecule has 1 aromatic heterocycles. The quantitative estimate of drug-likeness (QED) is 0.904. The molecule has 2 N–H and O–H groups in total. The first-order valence-corrected chi connectivity index (χ1v) is 8.47. The summed E-state index contributed by atoms with van der Waals surface area (Å²) in [7, 11) is 0. The van der Waals surface area contributed by atoms with Gasteiger partial charge in [0, 0.05) is 23.5 Å². The predicted octanol–water partition coefficient (Wildman–Crippen LogP) is 3.96. The highest BCUT2D eigenvalue weighted by molar-refractivity contribution is 7.10. The Morgan fingerprint density at radius 1 is 1.42 bits per heavy atom. The van der Waals surface area contributed by atoms with Gasteiger partial charge < -0.3 is 5.73 Å². The molecule has 1 aliphatic heterocycles. The maximum Gasteiger partial charge on any atom is 0.0598 e. The zero-order valence-corrected chi connectivity index (χ0v) is 13.5. The third kappa shape index (κ3) is 3.21. The van der Waals surface area contributed by atoms with Crippen molar-refractivity contribution >= 4 is 11.3 Å². The van der Waals surface area contributed by atoms with Gasteiger partial charge in [0.25, 0.3) is 0 Å². The van der Waals surface area contributed by atoms with E-state index in [2.05, 4.69) is 44.0 Å². The van der Waals surface area contributed by atoms with Crippen LogP contribution in [-0.4, -0.2) is 23.5 Å². The molecule has 3 heteroatoms. The van der Waals surface area contributed by atoms with E-state index in [0.29, 0.717) is 12.1 Å². The Morgan fingerprint density at radius 3 is 2.74 bits per heavy atom. The lowest BCUT2D eigenvalue weighted by molar-refractivity contribution is 0.0639. The van der Waals surface area contributed by atoms with Crippen LogP contribution in [0.5, 0.6) is 0 Å². The van der Waals surface area contributed by atoms with Gasteiger partial charge in [0.2, 0.25) is 0 Å². The lowest BCUT2D eigenvalue weighted by Crippen LogP contribution is -2.49. The van der Waals surface area contributed by atoms with Gasteiger partial charge >= 0.3 is 0 Å². The first-order chi connectivity index (χ1) is 9.04. The largest absolute Gasteiger partial charge is 0.326 e. The van der Waals surface area contributed by atoms with Crippen LogP contribution in [0.2, 0.25) is 0 Å². The standard InChI is InChI=1S/C16H28N2S/c1-5-14(17)15(16-12(3)8-9-19-16)18-10-11(2)6-7-13(18)4/h8-9,11,13-15H,5-7,10,17H2,1-4H3. The van der Waals surface area contributed by atoms with Gasteiger partial charge in [-0.2, -0.15) is 0 Å². The summed E-state index contributed by atoms with van der Waals surface area (Å²) in [5.74, 6) is 0.794. The summed E-state index contributed by atoms with van der Waals surface area (Å²) < 4.78 is 0. The van der Waals surface area contributed by atoms with E-state index < -0.39 is 0 Å². The number of thiophene rings is 1.